The predicted octanol–water partition coefficient (Wildman–Crippen LogP) is 4.91. The lowest BCUT2D eigenvalue weighted by atomic mass is 10.0. The van der Waals surface area contributed by atoms with Crippen molar-refractivity contribution in [3.63, 3.8) is 0 Å². The Balaban J connectivity index is 1.50. The van der Waals surface area contributed by atoms with E-state index in [2.05, 4.69) is 25.5 Å². The summed E-state index contributed by atoms with van der Waals surface area (Å²) < 4.78 is 41.0. The number of halogens is 3. The maximum Gasteiger partial charge on any atom is 0.419 e. The topological polar surface area (TPSA) is 96.2 Å². The molecular weight excluding hydrogens is 469 g/mol. The molecule has 36 heavy (non-hydrogen) atoms. The summed E-state index contributed by atoms with van der Waals surface area (Å²) in [5.41, 5.74) is 8.03. The van der Waals surface area contributed by atoms with Gasteiger partial charge >= 0.3 is 6.18 Å². The van der Waals surface area contributed by atoms with Crippen LogP contribution in [0.25, 0.3) is 0 Å². The lowest BCUT2D eigenvalue weighted by Crippen LogP contribution is -2.39. The van der Waals surface area contributed by atoms with Gasteiger partial charge in [-0.1, -0.05) is 18.2 Å². The van der Waals surface area contributed by atoms with Crippen LogP contribution in [0.15, 0.2) is 54.7 Å². The summed E-state index contributed by atoms with van der Waals surface area (Å²) in [6.45, 7) is 3.17. The lowest BCUT2D eigenvalue weighted by molar-refractivity contribution is -0.138. The SMILES string of the molecule is CC(=O)Nc1ccccc1CCc1nc(Nc2ccc(N3CCC(N)CC3)cc2)ncc1C(F)(F)F. The molecule has 1 fully saturated rings. The van der Waals surface area contributed by atoms with Crippen molar-refractivity contribution in [3.8, 4) is 0 Å². The molecule has 0 atom stereocenters. The van der Waals surface area contributed by atoms with Crippen LogP contribution >= 0.6 is 0 Å². The smallest absolute Gasteiger partial charge is 0.371 e. The van der Waals surface area contributed by atoms with Crippen LogP contribution in [0.4, 0.5) is 36.2 Å². The number of rotatable bonds is 7. The van der Waals surface area contributed by atoms with Crippen LogP contribution < -0.4 is 21.3 Å². The Morgan fingerprint density at radius 3 is 2.44 bits per heavy atom. The second kappa shape index (κ2) is 10.9. The summed E-state index contributed by atoms with van der Waals surface area (Å²) in [5.74, 6) is -0.160. The summed E-state index contributed by atoms with van der Waals surface area (Å²) in [7, 11) is 0. The third-order valence-electron chi connectivity index (χ3n) is 6.16. The molecule has 1 saturated heterocycles. The first-order valence-electron chi connectivity index (χ1n) is 11.9. The fraction of sp³-hybridized carbons (Fsp3) is 0.346. The zero-order chi connectivity index (χ0) is 25.7. The minimum Gasteiger partial charge on any atom is -0.371 e. The number of nitrogens with one attached hydrogen (secondary N) is 2. The molecule has 1 amide bonds. The van der Waals surface area contributed by atoms with E-state index in [0.29, 0.717) is 11.4 Å². The molecule has 1 aliphatic heterocycles. The van der Waals surface area contributed by atoms with Crippen LogP contribution in [0.2, 0.25) is 0 Å². The van der Waals surface area contributed by atoms with Crippen LogP contribution in [0.1, 0.15) is 36.6 Å². The molecule has 4 N–H and O–H groups in total. The average Bonchev–Trinajstić information content (AvgIpc) is 2.84. The van der Waals surface area contributed by atoms with E-state index in [9.17, 15) is 18.0 Å². The van der Waals surface area contributed by atoms with E-state index < -0.39 is 11.7 Å². The number of para-hydroxylation sites is 1. The van der Waals surface area contributed by atoms with E-state index in [-0.39, 0.29) is 36.4 Å². The van der Waals surface area contributed by atoms with Crippen LogP contribution in [-0.2, 0) is 23.8 Å². The maximum absolute atomic E-state index is 13.7. The lowest BCUT2D eigenvalue weighted by Gasteiger charge is -2.32. The minimum absolute atomic E-state index is 0.0265. The van der Waals surface area contributed by atoms with Crippen molar-refractivity contribution >= 4 is 28.9 Å². The largest absolute Gasteiger partial charge is 0.419 e. The van der Waals surface area contributed by atoms with Gasteiger partial charge < -0.3 is 21.3 Å². The highest BCUT2D eigenvalue weighted by atomic mass is 19.4. The summed E-state index contributed by atoms with van der Waals surface area (Å²) in [6, 6.07) is 14.9. The Hall–Kier alpha value is -3.66. The quantitative estimate of drug-likeness (QED) is 0.428. The van der Waals surface area contributed by atoms with Gasteiger partial charge in [-0.05, 0) is 61.6 Å². The van der Waals surface area contributed by atoms with Crippen molar-refractivity contribution < 1.29 is 18.0 Å². The molecule has 0 saturated carbocycles. The highest BCUT2D eigenvalue weighted by Gasteiger charge is 2.35. The molecule has 2 heterocycles. The van der Waals surface area contributed by atoms with Crippen molar-refractivity contribution in [1.29, 1.82) is 0 Å². The molecule has 0 bridgehead atoms. The van der Waals surface area contributed by atoms with Gasteiger partial charge in [0.05, 0.1) is 11.3 Å². The molecule has 2 aromatic carbocycles. The van der Waals surface area contributed by atoms with Gasteiger partial charge in [-0.25, -0.2) is 9.97 Å². The first-order chi connectivity index (χ1) is 17.2. The van der Waals surface area contributed by atoms with Crippen molar-refractivity contribution in [2.24, 2.45) is 5.73 Å². The first-order valence-corrected chi connectivity index (χ1v) is 11.9. The number of amides is 1. The summed E-state index contributed by atoms with van der Waals surface area (Å²) >= 11 is 0. The molecule has 10 heteroatoms. The standard InChI is InChI=1S/C26H29F3N6O/c1-17(36)32-23-5-3-2-4-18(23)6-11-24-22(26(27,28)29)16-31-25(34-24)33-20-7-9-21(10-8-20)35-14-12-19(30)13-15-35/h2-5,7-10,16,19H,6,11-15,30H2,1H3,(H,32,36)(H,31,33,34). The molecule has 0 spiro atoms. The van der Waals surface area contributed by atoms with Crippen molar-refractivity contribution in [2.75, 3.05) is 28.6 Å². The van der Waals surface area contributed by atoms with Gasteiger partial charge in [0, 0.05) is 49.3 Å². The third kappa shape index (κ3) is 6.51. The predicted molar refractivity (Wildman–Crippen MR) is 134 cm³/mol. The van der Waals surface area contributed by atoms with Crippen LogP contribution in [0.3, 0.4) is 0 Å². The number of alkyl halides is 3. The number of anilines is 4. The number of piperidine rings is 1. The second-order valence-corrected chi connectivity index (χ2v) is 8.89. The zero-order valence-electron chi connectivity index (χ0n) is 20.0. The summed E-state index contributed by atoms with van der Waals surface area (Å²) in [6.07, 6.45) is -1.59. The van der Waals surface area contributed by atoms with E-state index >= 15 is 0 Å². The monoisotopic (exact) mass is 498 g/mol. The Bertz CT molecular complexity index is 1190. The second-order valence-electron chi connectivity index (χ2n) is 8.89. The number of hydrogen-bond donors (Lipinski definition) is 3. The number of nitrogens with zero attached hydrogens (tertiary/aromatic N) is 3. The van der Waals surface area contributed by atoms with Crippen molar-refractivity contribution in [2.45, 2.75) is 44.8 Å². The molecule has 4 rings (SSSR count). The molecule has 1 aliphatic rings. The first kappa shape index (κ1) is 25.4. The van der Waals surface area contributed by atoms with Gasteiger partial charge in [0.1, 0.15) is 0 Å². The van der Waals surface area contributed by atoms with Gasteiger partial charge in [-0.2, -0.15) is 13.2 Å². The molecule has 0 radical (unpaired) electrons. The minimum atomic E-state index is -4.58. The maximum atomic E-state index is 13.7. The molecule has 0 aliphatic carbocycles. The highest BCUT2D eigenvalue weighted by molar-refractivity contribution is 5.89. The van der Waals surface area contributed by atoms with E-state index in [1.807, 2.05) is 24.3 Å². The Morgan fingerprint density at radius 2 is 1.78 bits per heavy atom. The zero-order valence-corrected chi connectivity index (χ0v) is 20.0. The molecular formula is C26H29F3N6O. The van der Waals surface area contributed by atoms with E-state index in [0.717, 1.165) is 43.4 Å². The average molecular weight is 499 g/mol. The fourth-order valence-electron chi connectivity index (χ4n) is 4.25. The Labute approximate surface area is 207 Å². The van der Waals surface area contributed by atoms with Gasteiger partial charge in [0.15, 0.2) is 0 Å². The highest BCUT2D eigenvalue weighted by Crippen LogP contribution is 2.32. The number of aromatic nitrogens is 2. The Morgan fingerprint density at radius 1 is 1.08 bits per heavy atom. The Kier molecular flexibility index (Phi) is 7.73. The van der Waals surface area contributed by atoms with E-state index in [1.165, 1.54) is 6.92 Å². The van der Waals surface area contributed by atoms with Gasteiger partial charge in [-0.3, -0.25) is 4.79 Å². The summed E-state index contributed by atoms with van der Waals surface area (Å²) in [4.78, 5) is 21.9. The summed E-state index contributed by atoms with van der Waals surface area (Å²) in [5, 5.41) is 5.72. The van der Waals surface area contributed by atoms with Gasteiger partial charge in [-0.15, -0.1) is 0 Å². The van der Waals surface area contributed by atoms with Gasteiger partial charge in [0.25, 0.3) is 0 Å². The number of carbonyl (C=O) groups excluding carboxylic acids is 1. The van der Waals surface area contributed by atoms with E-state index in [4.69, 9.17) is 5.73 Å². The molecule has 190 valence electrons. The van der Waals surface area contributed by atoms with Crippen molar-refractivity contribution in [1.82, 2.24) is 9.97 Å². The normalized spacial score (nSPS) is 14.5. The molecule has 7 nitrogen and oxygen atoms in total. The van der Waals surface area contributed by atoms with Crippen molar-refractivity contribution in [3.05, 3.63) is 71.5 Å². The van der Waals surface area contributed by atoms with E-state index in [1.54, 1.807) is 24.3 Å². The number of hydrogen-bond acceptors (Lipinski definition) is 6. The van der Waals surface area contributed by atoms with Crippen LogP contribution in [-0.4, -0.2) is 35.0 Å². The number of aryl methyl sites for hydroxylation is 2. The fourth-order valence-corrected chi connectivity index (χ4v) is 4.25. The van der Waals surface area contributed by atoms with Crippen LogP contribution in [0, 0.1) is 0 Å². The third-order valence-corrected chi connectivity index (χ3v) is 6.16. The number of carbonyl (C=O) groups is 1. The van der Waals surface area contributed by atoms with Crippen LogP contribution in [0.5, 0.6) is 0 Å². The molecule has 0 unspecified atom stereocenters. The van der Waals surface area contributed by atoms with Gasteiger partial charge in [0.2, 0.25) is 11.9 Å². The molecule has 3 aromatic rings. The number of nitrogens with two attached hydrogens (primary N) is 1. The number of benzene rings is 2. The molecule has 1 aromatic heterocycles.